The molecule has 2 rings (SSSR count). The minimum absolute atomic E-state index is 0.282. The molecule has 21 heavy (non-hydrogen) atoms. The summed E-state index contributed by atoms with van der Waals surface area (Å²) < 4.78 is 12.6. The van der Waals surface area contributed by atoms with Gasteiger partial charge in [0.05, 0.1) is 20.3 Å². The van der Waals surface area contributed by atoms with Crippen LogP contribution in [0.15, 0.2) is 36.7 Å². The Morgan fingerprint density at radius 1 is 1.24 bits per heavy atom. The molecule has 0 bridgehead atoms. The first kappa shape index (κ1) is 15.4. The lowest BCUT2D eigenvalue weighted by Crippen LogP contribution is -2.33. The predicted octanol–water partition coefficient (Wildman–Crippen LogP) is 2.64. The summed E-state index contributed by atoms with van der Waals surface area (Å²) in [5.74, 6) is 1.63. The van der Waals surface area contributed by atoms with E-state index in [1.165, 1.54) is 0 Å². The van der Waals surface area contributed by atoms with Gasteiger partial charge in [0.2, 0.25) is 0 Å². The first-order chi connectivity index (χ1) is 10.2. The Morgan fingerprint density at radius 2 is 2.05 bits per heavy atom. The molecule has 5 nitrogen and oxygen atoms in total. The molecular formula is C16H23N3O2. The maximum Gasteiger partial charge on any atom is 0.127 e. The van der Waals surface area contributed by atoms with Crippen LogP contribution >= 0.6 is 0 Å². The highest BCUT2D eigenvalue weighted by Gasteiger charge is 2.14. The van der Waals surface area contributed by atoms with Gasteiger partial charge in [-0.3, -0.25) is 4.68 Å². The second-order valence-electron chi connectivity index (χ2n) is 5.07. The van der Waals surface area contributed by atoms with Gasteiger partial charge in [0.15, 0.2) is 0 Å². The van der Waals surface area contributed by atoms with Gasteiger partial charge in [-0.1, -0.05) is 6.07 Å². The van der Waals surface area contributed by atoms with Crippen molar-refractivity contribution in [1.29, 1.82) is 0 Å². The van der Waals surface area contributed by atoms with E-state index in [2.05, 4.69) is 24.3 Å². The van der Waals surface area contributed by atoms with Crippen LogP contribution in [0.2, 0.25) is 0 Å². The number of nitrogens with zero attached hydrogens (tertiary/aromatic N) is 2. The zero-order valence-electron chi connectivity index (χ0n) is 13.0. The van der Waals surface area contributed by atoms with E-state index in [-0.39, 0.29) is 12.1 Å². The summed E-state index contributed by atoms with van der Waals surface area (Å²) in [6, 6.07) is 8.38. The summed E-state index contributed by atoms with van der Waals surface area (Å²) in [5.41, 5.74) is 1.11. The fraction of sp³-hybridized carbons (Fsp3) is 0.438. The number of hydrogen-bond donors (Lipinski definition) is 1. The Kier molecular flexibility index (Phi) is 5.22. The van der Waals surface area contributed by atoms with E-state index >= 15 is 0 Å². The van der Waals surface area contributed by atoms with Crippen molar-refractivity contribution in [3.63, 3.8) is 0 Å². The molecule has 0 saturated carbocycles. The van der Waals surface area contributed by atoms with Gasteiger partial charge in [-0.15, -0.1) is 0 Å². The molecule has 2 unspecified atom stereocenters. The Morgan fingerprint density at radius 3 is 2.67 bits per heavy atom. The molecule has 1 N–H and O–H groups in total. The van der Waals surface area contributed by atoms with Crippen LogP contribution in [0.25, 0.3) is 0 Å². The normalized spacial score (nSPS) is 13.7. The topological polar surface area (TPSA) is 48.3 Å². The largest absolute Gasteiger partial charge is 0.497 e. The Labute approximate surface area is 125 Å². The summed E-state index contributed by atoms with van der Waals surface area (Å²) in [4.78, 5) is 0. The minimum Gasteiger partial charge on any atom is -0.497 e. The zero-order chi connectivity index (χ0) is 15.2. The van der Waals surface area contributed by atoms with E-state index in [1.807, 2.05) is 35.1 Å². The summed E-state index contributed by atoms with van der Waals surface area (Å²) in [6.45, 7) is 5.04. The van der Waals surface area contributed by atoms with E-state index < -0.39 is 0 Å². The second-order valence-corrected chi connectivity index (χ2v) is 5.07. The standard InChI is InChI=1S/C16H23N3O2/c1-12(13(2)19-9-5-8-18-19)17-11-14-6-7-15(20-3)10-16(14)21-4/h5-10,12-13,17H,11H2,1-4H3. The fourth-order valence-corrected chi connectivity index (χ4v) is 2.19. The average molecular weight is 289 g/mol. The Balaban J connectivity index is 1.99. The highest BCUT2D eigenvalue weighted by Crippen LogP contribution is 2.24. The van der Waals surface area contributed by atoms with Crippen LogP contribution in [0.5, 0.6) is 11.5 Å². The molecule has 0 fully saturated rings. The summed E-state index contributed by atoms with van der Waals surface area (Å²) in [5, 5.41) is 7.80. The lowest BCUT2D eigenvalue weighted by Gasteiger charge is -2.22. The summed E-state index contributed by atoms with van der Waals surface area (Å²) in [7, 11) is 3.33. The quantitative estimate of drug-likeness (QED) is 0.851. The van der Waals surface area contributed by atoms with Gasteiger partial charge in [-0.2, -0.15) is 5.10 Å². The number of ether oxygens (including phenoxy) is 2. The van der Waals surface area contributed by atoms with E-state index in [1.54, 1.807) is 20.4 Å². The zero-order valence-corrected chi connectivity index (χ0v) is 13.0. The van der Waals surface area contributed by atoms with Crippen molar-refractivity contribution < 1.29 is 9.47 Å². The molecule has 0 aliphatic rings. The number of aromatic nitrogens is 2. The molecule has 2 aromatic rings. The number of benzene rings is 1. The van der Waals surface area contributed by atoms with Crippen molar-refractivity contribution in [3.05, 3.63) is 42.2 Å². The van der Waals surface area contributed by atoms with Gasteiger partial charge in [0.25, 0.3) is 0 Å². The van der Waals surface area contributed by atoms with Gasteiger partial charge in [0, 0.05) is 36.6 Å². The smallest absolute Gasteiger partial charge is 0.127 e. The van der Waals surface area contributed by atoms with Crippen LogP contribution in [-0.4, -0.2) is 30.0 Å². The van der Waals surface area contributed by atoms with Crippen LogP contribution in [0, 0.1) is 0 Å². The number of hydrogen-bond acceptors (Lipinski definition) is 4. The number of methoxy groups -OCH3 is 2. The Bertz CT molecular complexity index is 555. The summed E-state index contributed by atoms with van der Waals surface area (Å²) in [6.07, 6.45) is 3.78. The molecule has 2 atom stereocenters. The molecule has 0 saturated heterocycles. The van der Waals surface area contributed by atoms with Gasteiger partial charge in [0.1, 0.15) is 11.5 Å². The molecule has 0 spiro atoms. The van der Waals surface area contributed by atoms with Crippen LogP contribution in [0.4, 0.5) is 0 Å². The minimum atomic E-state index is 0.282. The molecule has 5 heteroatoms. The molecule has 1 heterocycles. The summed E-state index contributed by atoms with van der Waals surface area (Å²) >= 11 is 0. The van der Waals surface area contributed by atoms with Crippen LogP contribution in [-0.2, 0) is 6.54 Å². The SMILES string of the molecule is COc1ccc(CNC(C)C(C)n2cccn2)c(OC)c1. The van der Waals surface area contributed by atoms with Gasteiger partial charge in [-0.25, -0.2) is 0 Å². The molecular weight excluding hydrogens is 266 g/mol. The third-order valence-electron chi connectivity index (χ3n) is 3.77. The number of rotatable bonds is 7. The van der Waals surface area contributed by atoms with Crippen LogP contribution in [0.1, 0.15) is 25.5 Å². The van der Waals surface area contributed by atoms with Crippen molar-refractivity contribution in [2.24, 2.45) is 0 Å². The van der Waals surface area contributed by atoms with Crippen molar-refractivity contribution in [2.45, 2.75) is 32.5 Å². The van der Waals surface area contributed by atoms with Crippen molar-refractivity contribution in [2.75, 3.05) is 14.2 Å². The molecule has 114 valence electrons. The first-order valence-corrected chi connectivity index (χ1v) is 7.09. The van der Waals surface area contributed by atoms with E-state index in [0.717, 1.165) is 23.6 Å². The lowest BCUT2D eigenvalue weighted by molar-refractivity contribution is 0.358. The highest BCUT2D eigenvalue weighted by atomic mass is 16.5. The first-order valence-electron chi connectivity index (χ1n) is 7.09. The van der Waals surface area contributed by atoms with Gasteiger partial charge < -0.3 is 14.8 Å². The van der Waals surface area contributed by atoms with Crippen LogP contribution in [0.3, 0.4) is 0 Å². The van der Waals surface area contributed by atoms with Crippen molar-refractivity contribution in [3.8, 4) is 11.5 Å². The molecule has 0 aliphatic carbocycles. The third kappa shape index (κ3) is 3.76. The highest BCUT2D eigenvalue weighted by molar-refractivity contribution is 5.40. The lowest BCUT2D eigenvalue weighted by atomic mass is 10.1. The van der Waals surface area contributed by atoms with Gasteiger partial charge >= 0.3 is 0 Å². The monoisotopic (exact) mass is 289 g/mol. The van der Waals surface area contributed by atoms with Crippen LogP contribution < -0.4 is 14.8 Å². The van der Waals surface area contributed by atoms with Gasteiger partial charge in [-0.05, 0) is 26.0 Å². The average Bonchev–Trinajstić information content (AvgIpc) is 3.05. The van der Waals surface area contributed by atoms with Crippen molar-refractivity contribution in [1.82, 2.24) is 15.1 Å². The molecule has 0 radical (unpaired) electrons. The molecule has 0 aliphatic heterocycles. The van der Waals surface area contributed by atoms with Crippen molar-refractivity contribution >= 4 is 0 Å². The van der Waals surface area contributed by atoms with E-state index in [4.69, 9.17) is 9.47 Å². The van der Waals surface area contributed by atoms with E-state index in [0.29, 0.717) is 0 Å². The molecule has 0 amide bonds. The van der Waals surface area contributed by atoms with E-state index in [9.17, 15) is 0 Å². The second kappa shape index (κ2) is 7.13. The maximum atomic E-state index is 5.42. The predicted molar refractivity (Wildman–Crippen MR) is 82.8 cm³/mol. The number of nitrogens with one attached hydrogen (secondary N) is 1. The third-order valence-corrected chi connectivity index (χ3v) is 3.77. The fourth-order valence-electron chi connectivity index (χ4n) is 2.19. The maximum absolute atomic E-state index is 5.42. The molecule has 1 aromatic heterocycles. The Hall–Kier alpha value is -2.01. The molecule has 1 aromatic carbocycles.